The lowest BCUT2D eigenvalue weighted by molar-refractivity contribution is -0.465. The van der Waals surface area contributed by atoms with Gasteiger partial charge >= 0.3 is 0 Å². The Labute approximate surface area is 90.5 Å². The van der Waals surface area contributed by atoms with Crippen LogP contribution in [0.1, 0.15) is 15.9 Å². The zero-order valence-corrected chi connectivity index (χ0v) is 8.24. The second kappa shape index (κ2) is 5.47. The molecule has 0 heterocycles. The van der Waals surface area contributed by atoms with E-state index in [4.69, 9.17) is 5.53 Å². The lowest BCUT2D eigenvalue weighted by Gasteiger charge is -2.02. The van der Waals surface area contributed by atoms with E-state index in [2.05, 4.69) is 10.0 Å². The third-order valence-corrected chi connectivity index (χ3v) is 1.89. The number of azide groups is 1. The molecule has 0 atom stereocenters. The molecular weight excluding hydrogens is 212 g/mol. The van der Waals surface area contributed by atoms with Crippen LogP contribution in [0.3, 0.4) is 0 Å². The van der Waals surface area contributed by atoms with E-state index in [0.29, 0.717) is 5.56 Å². The summed E-state index contributed by atoms with van der Waals surface area (Å²) >= 11 is 0. The molecule has 0 radical (unpaired) electrons. The van der Waals surface area contributed by atoms with Crippen LogP contribution in [0.5, 0.6) is 0 Å². The first-order chi connectivity index (χ1) is 7.65. The molecule has 1 rings (SSSR count). The summed E-state index contributed by atoms with van der Waals surface area (Å²) in [6.07, 6.45) is 0. The van der Waals surface area contributed by atoms with Gasteiger partial charge in [0.2, 0.25) is 5.78 Å². The fourth-order valence-corrected chi connectivity index (χ4v) is 1.24. The zero-order valence-electron chi connectivity index (χ0n) is 8.24. The van der Waals surface area contributed by atoms with E-state index in [1.165, 1.54) is 6.07 Å². The van der Waals surface area contributed by atoms with Gasteiger partial charge in [-0.3, -0.25) is 14.9 Å². The molecule has 0 aromatic heterocycles. The van der Waals surface area contributed by atoms with Crippen LogP contribution in [-0.2, 0) is 6.54 Å². The predicted octanol–water partition coefficient (Wildman–Crippen LogP) is 1.96. The maximum Gasteiger partial charge on any atom is 0.265 e. The van der Waals surface area contributed by atoms with E-state index in [1.54, 1.807) is 18.2 Å². The van der Waals surface area contributed by atoms with Crippen LogP contribution in [0.4, 0.5) is 0 Å². The first-order valence-electron chi connectivity index (χ1n) is 4.39. The van der Waals surface area contributed by atoms with E-state index in [0.717, 1.165) is 0 Å². The van der Waals surface area contributed by atoms with E-state index < -0.39 is 17.3 Å². The van der Waals surface area contributed by atoms with Gasteiger partial charge in [-0.25, -0.2) is 0 Å². The van der Waals surface area contributed by atoms with Crippen LogP contribution < -0.4 is 0 Å². The number of hydrogen-bond acceptors (Lipinski definition) is 4. The molecule has 0 saturated carbocycles. The van der Waals surface area contributed by atoms with Crippen LogP contribution in [0.25, 0.3) is 10.4 Å². The second-order valence-electron chi connectivity index (χ2n) is 2.96. The molecule has 0 unspecified atom stereocenters. The molecule has 7 nitrogen and oxygen atoms in total. The summed E-state index contributed by atoms with van der Waals surface area (Å²) in [4.78, 5) is 23.6. The molecule has 0 fully saturated rings. The molecule has 0 saturated heterocycles. The zero-order chi connectivity index (χ0) is 12.0. The third kappa shape index (κ3) is 3.07. The molecule has 0 spiro atoms. The number of hydrogen-bond donors (Lipinski definition) is 0. The standard InChI is InChI=1S/C9H8N4O3/c10-12-11-5-7-3-1-2-4-8(7)9(14)6-13(15)16/h1-4H,5-6H2. The van der Waals surface area contributed by atoms with Gasteiger partial charge in [-0.1, -0.05) is 29.4 Å². The monoisotopic (exact) mass is 220 g/mol. The SMILES string of the molecule is [N-]=[N+]=NCc1ccccc1C(=O)C[N+](=O)[O-]. The van der Waals surface area contributed by atoms with Crippen molar-refractivity contribution in [1.29, 1.82) is 0 Å². The van der Waals surface area contributed by atoms with Gasteiger partial charge in [0.15, 0.2) is 0 Å². The number of ketones is 1. The average molecular weight is 220 g/mol. The van der Waals surface area contributed by atoms with Gasteiger partial charge < -0.3 is 0 Å². The van der Waals surface area contributed by atoms with Crippen molar-refractivity contribution < 1.29 is 9.72 Å². The topological polar surface area (TPSA) is 109 Å². The molecule has 0 N–H and O–H groups in total. The summed E-state index contributed by atoms with van der Waals surface area (Å²) in [7, 11) is 0. The maximum atomic E-state index is 11.5. The van der Waals surface area contributed by atoms with Crippen LogP contribution in [0, 0.1) is 10.1 Å². The first kappa shape index (κ1) is 11.7. The smallest absolute Gasteiger partial charge is 0.265 e. The van der Waals surface area contributed by atoms with Gasteiger partial charge in [-0.15, -0.1) is 0 Å². The molecule has 16 heavy (non-hydrogen) atoms. The number of nitro groups is 1. The van der Waals surface area contributed by atoms with Crippen molar-refractivity contribution in [2.24, 2.45) is 5.11 Å². The molecule has 0 amide bonds. The Bertz CT molecular complexity index is 466. The van der Waals surface area contributed by atoms with Crippen LogP contribution in [0.15, 0.2) is 29.4 Å². The fourth-order valence-electron chi connectivity index (χ4n) is 1.24. The van der Waals surface area contributed by atoms with E-state index in [9.17, 15) is 14.9 Å². The van der Waals surface area contributed by atoms with Crippen LogP contribution in [0.2, 0.25) is 0 Å². The molecule has 7 heteroatoms. The summed E-state index contributed by atoms with van der Waals surface area (Å²) in [5.41, 5.74) is 8.89. The average Bonchev–Trinajstić information content (AvgIpc) is 2.25. The van der Waals surface area contributed by atoms with Crippen molar-refractivity contribution in [2.75, 3.05) is 6.54 Å². The van der Waals surface area contributed by atoms with E-state index in [1.807, 2.05) is 0 Å². The number of benzene rings is 1. The minimum Gasteiger partial charge on any atom is -0.287 e. The van der Waals surface area contributed by atoms with Crippen molar-refractivity contribution in [2.45, 2.75) is 6.54 Å². The number of carbonyl (C=O) groups excluding carboxylic acids is 1. The van der Waals surface area contributed by atoms with Gasteiger partial charge in [-0.2, -0.15) is 0 Å². The van der Waals surface area contributed by atoms with Crippen LogP contribution >= 0.6 is 0 Å². The lowest BCUT2D eigenvalue weighted by Crippen LogP contribution is -2.15. The van der Waals surface area contributed by atoms with Gasteiger partial charge in [0.25, 0.3) is 6.54 Å². The fraction of sp³-hybridized carbons (Fsp3) is 0.222. The number of rotatable bonds is 5. The third-order valence-electron chi connectivity index (χ3n) is 1.89. The van der Waals surface area contributed by atoms with Gasteiger partial charge in [0.05, 0.1) is 6.54 Å². The highest BCUT2D eigenvalue weighted by molar-refractivity contribution is 5.98. The summed E-state index contributed by atoms with van der Waals surface area (Å²) in [6, 6.07) is 6.36. The second-order valence-corrected chi connectivity index (χ2v) is 2.96. The number of carbonyl (C=O) groups is 1. The first-order valence-corrected chi connectivity index (χ1v) is 4.39. The Morgan fingerprint density at radius 3 is 2.81 bits per heavy atom. The minimum absolute atomic E-state index is 0.0100. The van der Waals surface area contributed by atoms with Crippen molar-refractivity contribution in [3.8, 4) is 0 Å². The summed E-state index contributed by atoms with van der Waals surface area (Å²) in [5, 5.41) is 13.5. The van der Waals surface area contributed by atoms with Crippen molar-refractivity contribution in [1.82, 2.24) is 0 Å². The predicted molar refractivity (Wildman–Crippen MR) is 55.5 cm³/mol. The largest absolute Gasteiger partial charge is 0.287 e. The molecule has 1 aromatic rings. The minimum atomic E-state index is -0.757. The van der Waals surface area contributed by atoms with Crippen molar-refractivity contribution in [3.05, 3.63) is 55.9 Å². The van der Waals surface area contributed by atoms with E-state index >= 15 is 0 Å². The maximum absolute atomic E-state index is 11.5. The van der Waals surface area contributed by atoms with Gasteiger partial charge in [0.1, 0.15) is 0 Å². The van der Waals surface area contributed by atoms with Crippen molar-refractivity contribution >= 4 is 5.78 Å². The van der Waals surface area contributed by atoms with Crippen molar-refractivity contribution in [3.63, 3.8) is 0 Å². The van der Waals surface area contributed by atoms with Gasteiger partial charge in [-0.05, 0) is 11.1 Å². The molecule has 0 aliphatic rings. The Hall–Kier alpha value is -2.40. The number of Topliss-reactive ketones (excluding diaryl/α,β-unsaturated/α-hetero) is 1. The highest BCUT2D eigenvalue weighted by atomic mass is 16.6. The quantitative estimate of drug-likeness (QED) is 0.189. The highest BCUT2D eigenvalue weighted by Crippen LogP contribution is 2.11. The molecule has 0 aliphatic carbocycles. The highest BCUT2D eigenvalue weighted by Gasteiger charge is 2.15. The molecule has 1 aromatic carbocycles. The summed E-state index contributed by atoms with van der Waals surface area (Å²) < 4.78 is 0. The summed E-state index contributed by atoms with van der Waals surface area (Å²) in [5.74, 6) is -0.589. The molecule has 0 bridgehead atoms. The van der Waals surface area contributed by atoms with E-state index in [-0.39, 0.29) is 12.1 Å². The number of nitrogens with zero attached hydrogens (tertiary/aromatic N) is 4. The Morgan fingerprint density at radius 2 is 2.19 bits per heavy atom. The molecule has 82 valence electrons. The Kier molecular flexibility index (Phi) is 3.99. The normalized spacial score (nSPS) is 9.25. The Balaban J connectivity index is 2.97. The molecular formula is C9H8N4O3. The summed E-state index contributed by atoms with van der Waals surface area (Å²) in [6.45, 7) is -0.747. The van der Waals surface area contributed by atoms with Gasteiger partial charge in [0, 0.05) is 15.4 Å². The molecule has 0 aliphatic heterocycles. The van der Waals surface area contributed by atoms with Crippen LogP contribution in [-0.4, -0.2) is 17.3 Å². The Morgan fingerprint density at radius 1 is 1.50 bits per heavy atom. The lowest BCUT2D eigenvalue weighted by atomic mass is 10.0.